The SMILES string of the molecule is O=C(C1CCCCC1)N1c2ccccc2C(=O)C12CC2. The van der Waals surface area contributed by atoms with Gasteiger partial charge < -0.3 is 0 Å². The molecular weight excluding hydrogens is 250 g/mol. The molecule has 2 fully saturated rings. The van der Waals surface area contributed by atoms with Crippen molar-refractivity contribution in [1.82, 2.24) is 0 Å². The van der Waals surface area contributed by atoms with E-state index < -0.39 is 5.54 Å². The van der Waals surface area contributed by atoms with Gasteiger partial charge in [0.05, 0.1) is 5.69 Å². The largest absolute Gasteiger partial charge is 0.298 e. The number of nitrogens with zero attached hydrogens (tertiary/aromatic N) is 1. The Hall–Kier alpha value is -1.64. The Morgan fingerprint density at radius 3 is 2.50 bits per heavy atom. The van der Waals surface area contributed by atoms with E-state index in [9.17, 15) is 9.59 Å². The summed E-state index contributed by atoms with van der Waals surface area (Å²) in [6.07, 6.45) is 7.17. The molecule has 20 heavy (non-hydrogen) atoms. The van der Waals surface area contributed by atoms with Gasteiger partial charge in [0, 0.05) is 11.5 Å². The number of para-hydroxylation sites is 1. The number of carbonyl (C=O) groups excluding carboxylic acids is 2. The van der Waals surface area contributed by atoms with Crippen LogP contribution in [0.4, 0.5) is 5.69 Å². The van der Waals surface area contributed by atoms with Gasteiger partial charge in [-0.15, -0.1) is 0 Å². The summed E-state index contributed by atoms with van der Waals surface area (Å²) < 4.78 is 0. The Kier molecular flexibility index (Phi) is 2.53. The van der Waals surface area contributed by atoms with Crippen LogP contribution in [0, 0.1) is 5.92 Å². The first-order chi connectivity index (χ1) is 9.74. The molecule has 3 heteroatoms. The smallest absolute Gasteiger partial charge is 0.231 e. The number of hydrogen-bond acceptors (Lipinski definition) is 2. The summed E-state index contributed by atoms with van der Waals surface area (Å²) in [4.78, 5) is 27.4. The Bertz CT molecular complexity index is 582. The molecule has 0 N–H and O–H groups in total. The number of hydrogen-bond donors (Lipinski definition) is 0. The summed E-state index contributed by atoms with van der Waals surface area (Å²) in [5.74, 6) is 0.484. The molecule has 1 aromatic rings. The van der Waals surface area contributed by atoms with Crippen molar-refractivity contribution in [2.45, 2.75) is 50.5 Å². The molecule has 4 rings (SSSR count). The molecule has 0 saturated heterocycles. The second kappa shape index (κ2) is 4.18. The van der Waals surface area contributed by atoms with Gasteiger partial charge in [-0.25, -0.2) is 0 Å². The highest BCUT2D eigenvalue weighted by Crippen LogP contribution is 2.53. The van der Waals surface area contributed by atoms with Crippen LogP contribution in [0.2, 0.25) is 0 Å². The number of amides is 1. The highest BCUT2D eigenvalue weighted by molar-refractivity contribution is 6.22. The third-order valence-corrected chi connectivity index (χ3v) is 5.14. The number of ketones is 1. The van der Waals surface area contributed by atoms with Crippen molar-refractivity contribution in [3.8, 4) is 0 Å². The number of fused-ring (bicyclic) bond motifs is 1. The predicted molar refractivity (Wildman–Crippen MR) is 76.8 cm³/mol. The molecule has 0 aromatic heterocycles. The van der Waals surface area contributed by atoms with E-state index in [2.05, 4.69) is 0 Å². The number of rotatable bonds is 1. The fourth-order valence-corrected chi connectivity index (χ4v) is 3.87. The van der Waals surface area contributed by atoms with E-state index in [0.29, 0.717) is 0 Å². The van der Waals surface area contributed by atoms with E-state index >= 15 is 0 Å². The van der Waals surface area contributed by atoms with E-state index in [4.69, 9.17) is 0 Å². The van der Waals surface area contributed by atoms with E-state index in [0.717, 1.165) is 49.8 Å². The van der Waals surface area contributed by atoms with Crippen molar-refractivity contribution >= 4 is 17.4 Å². The van der Waals surface area contributed by atoms with E-state index in [1.807, 2.05) is 29.2 Å². The van der Waals surface area contributed by atoms with Crippen LogP contribution in [0.1, 0.15) is 55.3 Å². The van der Waals surface area contributed by atoms with Crippen LogP contribution in [0.5, 0.6) is 0 Å². The van der Waals surface area contributed by atoms with Crippen LogP contribution in [0.25, 0.3) is 0 Å². The minimum absolute atomic E-state index is 0.125. The molecule has 0 atom stereocenters. The Labute approximate surface area is 119 Å². The lowest BCUT2D eigenvalue weighted by molar-refractivity contribution is -0.123. The third kappa shape index (κ3) is 1.52. The maximum Gasteiger partial charge on any atom is 0.231 e. The molecule has 0 unspecified atom stereocenters. The van der Waals surface area contributed by atoms with Gasteiger partial charge in [-0.05, 0) is 37.8 Å². The zero-order valence-electron chi connectivity index (χ0n) is 11.6. The molecule has 0 bridgehead atoms. The van der Waals surface area contributed by atoms with Crippen LogP contribution in [-0.4, -0.2) is 17.2 Å². The standard InChI is InChI=1S/C17H19NO2/c19-15-13-8-4-5-9-14(13)18(17(15)10-11-17)16(20)12-6-2-1-3-7-12/h4-5,8-9,12H,1-3,6-7,10-11H2. The van der Waals surface area contributed by atoms with Gasteiger partial charge in [-0.3, -0.25) is 14.5 Å². The zero-order chi connectivity index (χ0) is 13.7. The van der Waals surface area contributed by atoms with Crippen LogP contribution in [0.3, 0.4) is 0 Å². The molecular formula is C17H19NO2. The van der Waals surface area contributed by atoms with Gasteiger partial charge in [0.2, 0.25) is 5.91 Å². The van der Waals surface area contributed by atoms with E-state index in [-0.39, 0.29) is 17.6 Å². The van der Waals surface area contributed by atoms with Crippen LogP contribution in [-0.2, 0) is 4.79 Å². The molecule has 104 valence electrons. The van der Waals surface area contributed by atoms with Gasteiger partial charge in [0.1, 0.15) is 5.54 Å². The lowest BCUT2D eigenvalue weighted by atomic mass is 9.88. The first kappa shape index (κ1) is 12.1. The van der Waals surface area contributed by atoms with Crippen LogP contribution < -0.4 is 4.90 Å². The maximum absolute atomic E-state index is 12.9. The lowest BCUT2D eigenvalue weighted by Gasteiger charge is -2.30. The fraction of sp³-hybridized carbons (Fsp3) is 0.529. The zero-order valence-corrected chi connectivity index (χ0v) is 11.6. The monoisotopic (exact) mass is 269 g/mol. The van der Waals surface area contributed by atoms with E-state index in [1.54, 1.807) is 0 Å². The first-order valence-electron chi connectivity index (χ1n) is 7.72. The molecule has 1 heterocycles. The van der Waals surface area contributed by atoms with Crippen molar-refractivity contribution in [1.29, 1.82) is 0 Å². The summed E-state index contributed by atoms with van der Waals surface area (Å²) in [6.45, 7) is 0. The highest BCUT2D eigenvalue weighted by atomic mass is 16.2. The van der Waals surface area contributed by atoms with Crippen molar-refractivity contribution in [2.24, 2.45) is 5.92 Å². The third-order valence-electron chi connectivity index (χ3n) is 5.14. The van der Waals surface area contributed by atoms with Gasteiger partial charge in [0.15, 0.2) is 5.78 Å². The molecule has 1 aromatic carbocycles. The van der Waals surface area contributed by atoms with Crippen molar-refractivity contribution in [3.63, 3.8) is 0 Å². The van der Waals surface area contributed by atoms with Gasteiger partial charge in [-0.1, -0.05) is 31.4 Å². The molecule has 2 aliphatic carbocycles. The van der Waals surface area contributed by atoms with Gasteiger partial charge in [0.25, 0.3) is 0 Å². The summed E-state index contributed by atoms with van der Waals surface area (Å²) in [7, 11) is 0. The number of anilines is 1. The lowest BCUT2D eigenvalue weighted by Crippen LogP contribution is -2.45. The summed E-state index contributed by atoms with van der Waals surface area (Å²) >= 11 is 0. The second-order valence-corrected chi connectivity index (χ2v) is 6.39. The number of Topliss-reactive ketones (excluding diaryl/α,β-unsaturated/α-hetero) is 1. The van der Waals surface area contributed by atoms with Gasteiger partial charge >= 0.3 is 0 Å². The average Bonchev–Trinajstić information content (AvgIpc) is 3.25. The fourth-order valence-electron chi connectivity index (χ4n) is 3.87. The van der Waals surface area contributed by atoms with Crippen molar-refractivity contribution in [2.75, 3.05) is 4.90 Å². The molecule has 1 spiro atoms. The summed E-state index contributed by atoms with van der Waals surface area (Å²) in [6, 6.07) is 7.61. The number of carbonyl (C=O) groups is 2. The molecule has 2 saturated carbocycles. The Balaban J connectivity index is 1.73. The average molecular weight is 269 g/mol. The highest BCUT2D eigenvalue weighted by Gasteiger charge is 2.62. The molecule has 1 amide bonds. The summed E-state index contributed by atoms with van der Waals surface area (Å²) in [5.41, 5.74) is 1.10. The quantitative estimate of drug-likeness (QED) is 0.784. The van der Waals surface area contributed by atoms with Crippen LogP contribution >= 0.6 is 0 Å². The summed E-state index contributed by atoms with van der Waals surface area (Å²) in [5, 5.41) is 0. The van der Waals surface area contributed by atoms with Crippen LogP contribution in [0.15, 0.2) is 24.3 Å². The second-order valence-electron chi connectivity index (χ2n) is 6.39. The van der Waals surface area contributed by atoms with E-state index in [1.165, 1.54) is 6.42 Å². The van der Waals surface area contributed by atoms with Gasteiger partial charge in [-0.2, -0.15) is 0 Å². The molecule has 3 nitrogen and oxygen atoms in total. The van der Waals surface area contributed by atoms with Crippen molar-refractivity contribution in [3.05, 3.63) is 29.8 Å². The topological polar surface area (TPSA) is 37.4 Å². The number of benzene rings is 1. The molecule has 1 aliphatic heterocycles. The first-order valence-corrected chi connectivity index (χ1v) is 7.72. The van der Waals surface area contributed by atoms with Crippen molar-refractivity contribution < 1.29 is 9.59 Å². The normalized spacial score (nSPS) is 24.0. The maximum atomic E-state index is 12.9. The minimum atomic E-state index is -0.502. The predicted octanol–water partition coefficient (Wildman–Crippen LogP) is 3.33. The Morgan fingerprint density at radius 1 is 1.10 bits per heavy atom. The minimum Gasteiger partial charge on any atom is -0.298 e. The molecule has 3 aliphatic rings. The Morgan fingerprint density at radius 2 is 1.80 bits per heavy atom. The molecule has 0 radical (unpaired) electrons.